The Bertz CT molecular complexity index is 402. The number of hydrogen-bond donors (Lipinski definition) is 0. The molecule has 0 aromatic heterocycles. The number of ether oxygens (including phenoxy) is 1. The maximum atomic E-state index is 12.0. The lowest BCUT2D eigenvalue weighted by molar-refractivity contribution is -0.275. The SMILES string of the molecule is N#CSc1ccc(Br)cc1OC(F)(F)F. The fourth-order valence-electron chi connectivity index (χ4n) is 0.820. The molecule has 1 rings (SSSR count). The maximum absolute atomic E-state index is 12.0. The van der Waals surface area contributed by atoms with E-state index >= 15 is 0 Å². The number of nitriles is 1. The Kier molecular flexibility index (Phi) is 3.88. The van der Waals surface area contributed by atoms with E-state index in [2.05, 4.69) is 20.7 Å². The molecule has 0 saturated carbocycles. The van der Waals surface area contributed by atoms with E-state index in [1.165, 1.54) is 12.1 Å². The largest absolute Gasteiger partial charge is 0.573 e. The number of alkyl halides is 3. The van der Waals surface area contributed by atoms with Crippen molar-refractivity contribution in [2.75, 3.05) is 0 Å². The molecule has 7 heteroatoms. The van der Waals surface area contributed by atoms with Gasteiger partial charge in [0.25, 0.3) is 0 Å². The highest BCUT2D eigenvalue weighted by atomic mass is 79.9. The molecule has 1 aromatic rings. The average Bonchev–Trinajstić information content (AvgIpc) is 2.07. The summed E-state index contributed by atoms with van der Waals surface area (Å²) in [5, 5.41) is 10.1. The third kappa shape index (κ3) is 4.01. The van der Waals surface area contributed by atoms with Gasteiger partial charge < -0.3 is 4.74 Å². The number of nitrogens with zero attached hydrogens (tertiary/aromatic N) is 1. The Hall–Kier alpha value is -0.870. The van der Waals surface area contributed by atoms with Crippen LogP contribution in [0.4, 0.5) is 13.2 Å². The van der Waals surface area contributed by atoms with E-state index in [0.717, 1.165) is 6.07 Å². The molecule has 0 spiro atoms. The van der Waals surface area contributed by atoms with Crippen molar-refractivity contribution in [3.8, 4) is 11.2 Å². The van der Waals surface area contributed by atoms with Crippen molar-refractivity contribution in [2.24, 2.45) is 0 Å². The van der Waals surface area contributed by atoms with E-state index < -0.39 is 6.36 Å². The molecule has 0 atom stereocenters. The van der Waals surface area contributed by atoms with E-state index in [-0.39, 0.29) is 10.6 Å². The number of thioether (sulfide) groups is 1. The second-order valence-electron chi connectivity index (χ2n) is 2.33. The summed E-state index contributed by atoms with van der Waals surface area (Å²) in [6.07, 6.45) is -4.76. The van der Waals surface area contributed by atoms with Gasteiger partial charge in [-0.2, -0.15) is 5.26 Å². The van der Waals surface area contributed by atoms with Crippen molar-refractivity contribution in [1.29, 1.82) is 5.26 Å². The highest BCUT2D eigenvalue weighted by Crippen LogP contribution is 2.34. The first-order chi connectivity index (χ1) is 6.92. The summed E-state index contributed by atoms with van der Waals surface area (Å²) >= 11 is 3.63. The van der Waals surface area contributed by atoms with Crippen LogP contribution in [0, 0.1) is 10.7 Å². The number of hydrogen-bond acceptors (Lipinski definition) is 3. The molecule has 15 heavy (non-hydrogen) atoms. The van der Waals surface area contributed by atoms with E-state index in [1.54, 1.807) is 5.40 Å². The Morgan fingerprint density at radius 3 is 2.60 bits per heavy atom. The monoisotopic (exact) mass is 297 g/mol. The summed E-state index contributed by atoms with van der Waals surface area (Å²) < 4.78 is 40.1. The van der Waals surface area contributed by atoms with Crippen LogP contribution in [0.3, 0.4) is 0 Å². The minimum Gasteiger partial charge on any atom is -0.405 e. The van der Waals surface area contributed by atoms with Crippen LogP contribution in [0.15, 0.2) is 27.6 Å². The fourth-order valence-corrected chi connectivity index (χ4v) is 1.60. The third-order valence-corrected chi connectivity index (χ3v) is 2.43. The predicted molar refractivity (Wildman–Crippen MR) is 52.3 cm³/mol. The molecule has 0 unspecified atom stereocenters. The second kappa shape index (κ2) is 4.77. The molecule has 2 nitrogen and oxygen atoms in total. The third-order valence-electron chi connectivity index (χ3n) is 1.29. The van der Waals surface area contributed by atoms with Gasteiger partial charge in [0, 0.05) is 4.47 Å². The van der Waals surface area contributed by atoms with Gasteiger partial charge in [-0.1, -0.05) is 15.9 Å². The van der Waals surface area contributed by atoms with Gasteiger partial charge in [-0.25, -0.2) is 0 Å². The molecule has 0 N–H and O–H groups in total. The highest BCUT2D eigenvalue weighted by molar-refractivity contribution is 9.10. The maximum Gasteiger partial charge on any atom is 0.573 e. The zero-order valence-corrected chi connectivity index (χ0v) is 9.41. The summed E-state index contributed by atoms with van der Waals surface area (Å²) in [5.74, 6) is -0.386. The molecule has 0 fully saturated rings. The minimum absolute atomic E-state index is 0.123. The molecule has 0 aliphatic rings. The first kappa shape index (κ1) is 12.2. The zero-order valence-electron chi connectivity index (χ0n) is 7.01. The first-order valence-corrected chi connectivity index (χ1v) is 5.14. The van der Waals surface area contributed by atoms with Crippen molar-refractivity contribution in [2.45, 2.75) is 11.3 Å². The quantitative estimate of drug-likeness (QED) is 0.613. The number of rotatable bonds is 2. The van der Waals surface area contributed by atoms with Gasteiger partial charge in [-0.15, -0.1) is 13.2 Å². The van der Waals surface area contributed by atoms with E-state index in [0.29, 0.717) is 16.2 Å². The van der Waals surface area contributed by atoms with Crippen LogP contribution in [-0.4, -0.2) is 6.36 Å². The van der Waals surface area contributed by atoms with Crippen LogP contribution < -0.4 is 4.74 Å². The second-order valence-corrected chi connectivity index (χ2v) is 4.07. The van der Waals surface area contributed by atoms with Crippen LogP contribution >= 0.6 is 27.7 Å². The Morgan fingerprint density at radius 1 is 1.40 bits per heavy atom. The molecule has 0 heterocycles. The summed E-state index contributed by atoms with van der Waals surface area (Å²) in [4.78, 5) is 0.123. The van der Waals surface area contributed by atoms with Crippen molar-refractivity contribution in [1.82, 2.24) is 0 Å². The number of halogens is 4. The van der Waals surface area contributed by atoms with Crippen LogP contribution in [0.1, 0.15) is 0 Å². The molecule has 0 radical (unpaired) electrons. The predicted octanol–water partition coefficient (Wildman–Crippen LogP) is 3.92. The van der Waals surface area contributed by atoms with Gasteiger partial charge in [0.1, 0.15) is 11.2 Å². The fraction of sp³-hybridized carbons (Fsp3) is 0.125. The van der Waals surface area contributed by atoms with Crippen molar-refractivity contribution in [3.05, 3.63) is 22.7 Å². The van der Waals surface area contributed by atoms with Crippen molar-refractivity contribution < 1.29 is 17.9 Å². The van der Waals surface area contributed by atoms with Crippen molar-refractivity contribution >= 4 is 27.7 Å². The van der Waals surface area contributed by atoms with Gasteiger partial charge in [-0.3, -0.25) is 0 Å². The summed E-state index contributed by atoms with van der Waals surface area (Å²) in [6.45, 7) is 0. The lowest BCUT2D eigenvalue weighted by Crippen LogP contribution is -2.17. The topological polar surface area (TPSA) is 33.0 Å². The first-order valence-electron chi connectivity index (χ1n) is 3.53. The normalized spacial score (nSPS) is 10.9. The standard InChI is InChI=1S/C8H3BrF3NOS/c9-5-1-2-7(15-4-13)6(3-5)14-8(10,11)12/h1-3H. The molecule has 80 valence electrons. The van der Waals surface area contributed by atoms with Crippen LogP contribution in [-0.2, 0) is 0 Å². The van der Waals surface area contributed by atoms with Gasteiger partial charge in [0.15, 0.2) is 0 Å². The summed E-state index contributed by atoms with van der Waals surface area (Å²) in [7, 11) is 0. The zero-order chi connectivity index (χ0) is 11.5. The molecule has 0 aliphatic carbocycles. The Labute approximate surface area is 96.2 Å². The van der Waals surface area contributed by atoms with Gasteiger partial charge >= 0.3 is 6.36 Å². The highest BCUT2D eigenvalue weighted by Gasteiger charge is 2.32. The van der Waals surface area contributed by atoms with Gasteiger partial charge in [0.2, 0.25) is 0 Å². The molecular weight excluding hydrogens is 295 g/mol. The number of benzene rings is 1. The Balaban J connectivity index is 3.03. The molecule has 0 aliphatic heterocycles. The summed E-state index contributed by atoms with van der Waals surface area (Å²) in [5.41, 5.74) is 0. The molecule has 0 amide bonds. The molecule has 0 bridgehead atoms. The lowest BCUT2D eigenvalue weighted by atomic mass is 10.3. The lowest BCUT2D eigenvalue weighted by Gasteiger charge is -2.11. The van der Waals surface area contributed by atoms with Gasteiger partial charge in [0.05, 0.1) is 4.90 Å². The van der Waals surface area contributed by atoms with Crippen LogP contribution in [0.25, 0.3) is 0 Å². The molecule has 0 saturated heterocycles. The minimum atomic E-state index is -4.76. The van der Waals surface area contributed by atoms with Gasteiger partial charge in [-0.05, 0) is 30.0 Å². The smallest absolute Gasteiger partial charge is 0.405 e. The van der Waals surface area contributed by atoms with E-state index in [9.17, 15) is 13.2 Å². The average molecular weight is 298 g/mol. The van der Waals surface area contributed by atoms with E-state index in [4.69, 9.17) is 5.26 Å². The van der Waals surface area contributed by atoms with Crippen LogP contribution in [0.5, 0.6) is 5.75 Å². The Morgan fingerprint density at radius 2 is 2.07 bits per heavy atom. The van der Waals surface area contributed by atoms with Crippen LogP contribution in [0.2, 0.25) is 0 Å². The van der Waals surface area contributed by atoms with Crippen molar-refractivity contribution in [3.63, 3.8) is 0 Å². The molecular formula is C8H3BrF3NOS. The summed E-state index contributed by atoms with van der Waals surface area (Å²) in [6, 6.07) is 4.06. The molecule has 1 aromatic carbocycles. The van der Waals surface area contributed by atoms with E-state index in [1.807, 2.05) is 0 Å². The number of thiocyanates is 1.